The maximum absolute atomic E-state index is 10.6. The highest BCUT2D eigenvalue weighted by molar-refractivity contribution is 5.44. The molecule has 2 aromatic rings. The zero-order chi connectivity index (χ0) is 14.8. The number of non-ortho nitro benzene ring substituents is 1. The van der Waals surface area contributed by atoms with E-state index >= 15 is 0 Å². The van der Waals surface area contributed by atoms with Crippen molar-refractivity contribution in [1.82, 2.24) is 5.32 Å². The maximum Gasteiger partial charge on any atom is 0.269 e. The number of phenols is 1. The maximum atomic E-state index is 10.6. The first-order chi connectivity index (χ1) is 10.1. The number of fused-ring (bicyclic) bond motifs is 1. The number of hydrogen-bond donors (Lipinski definition) is 2. The fraction of sp³-hybridized carbons (Fsp3) is 0.200. The molecular formula is C15H14N2O4. The van der Waals surface area contributed by atoms with Crippen LogP contribution in [0.5, 0.6) is 11.5 Å². The molecular weight excluding hydrogens is 272 g/mol. The van der Waals surface area contributed by atoms with Gasteiger partial charge >= 0.3 is 0 Å². The van der Waals surface area contributed by atoms with Gasteiger partial charge in [0.2, 0.25) is 0 Å². The van der Waals surface area contributed by atoms with Gasteiger partial charge in [-0.15, -0.1) is 0 Å². The zero-order valence-corrected chi connectivity index (χ0v) is 11.2. The van der Waals surface area contributed by atoms with Crippen LogP contribution in [0.1, 0.15) is 17.2 Å². The van der Waals surface area contributed by atoms with Crippen LogP contribution in [-0.4, -0.2) is 16.6 Å². The van der Waals surface area contributed by atoms with E-state index in [1.807, 2.05) is 6.07 Å². The summed E-state index contributed by atoms with van der Waals surface area (Å²) >= 11 is 0. The number of phenolic OH excluding ortho intramolecular Hbond substituents is 1. The molecule has 1 unspecified atom stereocenters. The van der Waals surface area contributed by atoms with E-state index in [1.165, 1.54) is 12.1 Å². The lowest BCUT2D eigenvalue weighted by atomic mass is 10.1. The predicted molar refractivity (Wildman–Crippen MR) is 76.3 cm³/mol. The van der Waals surface area contributed by atoms with Crippen molar-refractivity contribution in [2.45, 2.75) is 12.6 Å². The fourth-order valence-corrected chi connectivity index (χ4v) is 2.34. The van der Waals surface area contributed by atoms with Gasteiger partial charge in [0.1, 0.15) is 18.1 Å². The molecule has 0 bridgehead atoms. The Morgan fingerprint density at radius 2 is 2.05 bits per heavy atom. The molecule has 2 aromatic carbocycles. The summed E-state index contributed by atoms with van der Waals surface area (Å²) in [6.45, 7) is 1.10. The molecule has 0 fully saturated rings. The molecule has 3 rings (SSSR count). The fourth-order valence-electron chi connectivity index (χ4n) is 2.34. The molecule has 1 atom stereocenters. The van der Waals surface area contributed by atoms with Crippen molar-refractivity contribution in [3.05, 3.63) is 63.7 Å². The first-order valence-electron chi connectivity index (χ1n) is 6.56. The van der Waals surface area contributed by atoms with Crippen molar-refractivity contribution in [3.8, 4) is 11.5 Å². The van der Waals surface area contributed by atoms with Gasteiger partial charge in [0.15, 0.2) is 0 Å². The number of nitrogens with zero attached hydrogens (tertiary/aromatic N) is 1. The average molecular weight is 286 g/mol. The van der Waals surface area contributed by atoms with E-state index in [0.717, 1.165) is 11.1 Å². The number of nitrogens with one attached hydrogen (secondary N) is 1. The Kier molecular flexibility index (Phi) is 3.45. The quantitative estimate of drug-likeness (QED) is 0.666. The summed E-state index contributed by atoms with van der Waals surface area (Å²) in [5, 5.41) is 23.3. The van der Waals surface area contributed by atoms with Crippen LogP contribution in [0.2, 0.25) is 0 Å². The van der Waals surface area contributed by atoms with E-state index in [-0.39, 0.29) is 17.5 Å². The molecule has 21 heavy (non-hydrogen) atoms. The number of ether oxygens (including phenoxy) is 1. The van der Waals surface area contributed by atoms with E-state index in [9.17, 15) is 15.2 Å². The van der Waals surface area contributed by atoms with E-state index in [0.29, 0.717) is 18.9 Å². The number of benzene rings is 2. The van der Waals surface area contributed by atoms with Crippen LogP contribution >= 0.6 is 0 Å². The highest BCUT2D eigenvalue weighted by atomic mass is 16.6. The molecule has 0 saturated heterocycles. The van der Waals surface area contributed by atoms with Crippen LogP contribution < -0.4 is 10.1 Å². The number of aromatic hydroxyl groups is 1. The Hall–Kier alpha value is -2.60. The molecule has 0 saturated carbocycles. The topological polar surface area (TPSA) is 84.6 Å². The van der Waals surface area contributed by atoms with E-state index < -0.39 is 4.92 Å². The van der Waals surface area contributed by atoms with Gasteiger partial charge in [-0.1, -0.05) is 12.1 Å². The van der Waals surface area contributed by atoms with E-state index in [2.05, 4.69) is 5.32 Å². The molecule has 1 aliphatic heterocycles. The second kappa shape index (κ2) is 5.41. The molecule has 1 aliphatic rings. The summed E-state index contributed by atoms with van der Waals surface area (Å²) in [6, 6.07) is 11.6. The first-order valence-corrected chi connectivity index (χ1v) is 6.56. The van der Waals surface area contributed by atoms with Crippen LogP contribution in [0.15, 0.2) is 42.5 Å². The molecule has 108 valence electrons. The molecule has 0 aromatic heterocycles. The van der Waals surface area contributed by atoms with Gasteiger partial charge in [-0.25, -0.2) is 0 Å². The highest BCUT2D eigenvalue weighted by Gasteiger charge is 2.23. The number of rotatable bonds is 4. The van der Waals surface area contributed by atoms with Crippen molar-refractivity contribution in [2.24, 2.45) is 0 Å². The molecule has 0 aliphatic carbocycles. The summed E-state index contributed by atoms with van der Waals surface area (Å²) in [7, 11) is 0. The third kappa shape index (κ3) is 2.80. The lowest BCUT2D eigenvalue weighted by Crippen LogP contribution is -2.21. The Balaban J connectivity index is 1.65. The Morgan fingerprint density at radius 3 is 2.76 bits per heavy atom. The van der Waals surface area contributed by atoms with Gasteiger partial charge in [0.05, 0.1) is 11.0 Å². The summed E-state index contributed by atoms with van der Waals surface area (Å²) < 4.78 is 5.52. The first kappa shape index (κ1) is 13.4. The molecule has 6 nitrogen and oxygen atoms in total. The summed E-state index contributed by atoms with van der Waals surface area (Å²) in [6.07, 6.45) is 0. The van der Waals surface area contributed by atoms with Crippen LogP contribution in [-0.2, 0) is 6.54 Å². The van der Waals surface area contributed by atoms with Crippen molar-refractivity contribution in [3.63, 3.8) is 0 Å². The Bertz CT molecular complexity index is 670. The van der Waals surface area contributed by atoms with Crippen molar-refractivity contribution < 1.29 is 14.8 Å². The Labute approximate surface area is 121 Å². The lowest BCUT2D eigenvalue weighted by molar-refractivity contribution is -0.384. The lowest BCUT2D eigenvalue weighted by Gasteiger charge is -2.11. The molecule has 2 N–H and O–H groups in total. The molecule has 1 heterocycles. The minimum atomic E-state index is -0.412. The van der Waals surface area contributed by atoms with Gasteiger partial charge in [0, 0.05) is 30.3 Å². The Morgan fingerprint density at radius 1 is 1.29 bits per heavy atom. The zero-order valence-electron chi connectivity index (χ0n) is 11.2. The second-order valence-corrected chi connectivity index (χ2v) is 4.89. The highest BCUT2D eigenvalue weighted by Crippen LogP contribution is 2.34. The average Bonchev–Trinajstić information content (AvgIpc) is 2.87. The van der Waals surface area contributed by atoms with Gasteiger partial charge in [-0.3, -0.25) is 10.1 Å². The van der Waals surface area contributed by atoms with Crippen LogP contribution in [0.4, 0.5) is 5.69 Å². The number of nitro groups is 1. The third-order valence-corrected chi connectivity index (χ3v) is 3.48. The van der Waals surface area contributed by atoms with E-state index in [1.54, 1.807) is 24.3 Å². The summed E-state index contributed by atoms with van der Waals surface area (Å²) in [4.78, 5) is 10.2. The third-order valence-electron chi connectivity index (χ3n) is 3.48. The van der Waals surface area contributed by atoms with Gasteiger partial charge < -0.3 is 15.2 Å². The standard InChI is InChI=1S/C15H14N2O4/c18-12-5-6-13-14(9-21-15(13)7-12)16-8-10-1-3-11(4-2-10)17(19)20/h1-7,14,16,18H,8-9H2. The van der Waals surface area contributed by atoms with Crippen LogP contribution in [0.3, 0.4) is 0 Å². The van der Waals surface area contributed by atoms with Crippen molar-refractivity contribution in [2.75, 3.05) is 6.61 Å². The van der Waals surface area contributed by atoms with E-state index in [4.69, 9.17) is 4.74 Å². The SMILES string of the molecule is O=[N+]([O-])c1ccc(CNC2COc3cc(O)ccc32)cc1. The summed E-state index contributed by atoms with van der Waals surface area (Å²) in [5.41, 5.74) is 2.06. The second-order valence-electron chi connectivity index (χ2n) is 4.89. The van der Waals surface area contributed by atoms with Gasteiger partial charge in [-0.05, 0) is 17.7 Å². The number of nitro benzene ring substituents is 1. The largest absolute Gasteiger partial charge is 0.508 e. The predicted octanol–water partition coefficient (Wildman–Crippen LogP) is 2.52. The van der Waals surface area contributed by atoms with Crippen LogP contribution in [0.25, 0.3) is 0 Å². The molecule has 0 amide bonds. The molecule has 0 spiro atoms. The van der Waals surface area contributed by atoms with Gasteiger partial charge in [0.25, 0.3) is 5.69 Å². The van der Waals surface area contributed by atoms with Crippen molar-refractivity contribution in [1.29, 1.82) is 0 Å². The van der Waals surface area contributed by atoms with Crippen molar-refractivity contribution >= 4 is 5.69 Å². The normalized spacial score (nSPS) is 16.3. The summed E-state index contributed by atoms with van der Waals surface area (Å²) in [5.74, 6) is 0.876. The molecule has 0 radical (unpaired) electrons. The minimum absolute atomic E-state index is 0.0517. The van der Waals surface area contributed by atoms with Crippen LogP contribution in [0, 0.1) is 10.1 Å². The molecule has 6 heteroatoms. The monoisotopic (exact) mass is 286 g/mol. The smallest absolute Gasteiger partial charge is 0.269 e. The minimum Gasteiger partial charge on any atom is -0.508 e. The number of hydrogen-bond acceptors (Lipinski definition) is 5. The van der Waals surface area contributed by atoms with Gasteiger partial charge in [-0.2, -0.15) is 0 Å².